The van der Waals surface area contributed by atoms with Crippen LogP contribution in [-0.4, -0.2) is 32.0 Å². The van der Waals surface area contributed by atoms with Gasteiger partial charge in [-0.1, -0.05) is 6.92 Å². The standard InChI is InChI=1S/C10H21NO2/c1-3-10(11)8(2)13-7-9-4-5-12-6-9/h8-10H,3-7,11H2,1-2H3. The van der Waals surface area contributed by atoms with Gasteiger partial charge in [0.05, 0.1) is 19.3 Å². The summed E-state index contributed by atoms with van der Waals surface area (Å²) >= 11 is 0. The van der Waals surface area contributed by atoms with Crippen molar-refractivity contribution < 1.29 is 9.47 Å². The van der Waals surface area contributed by atoms with E-state index in [1.54, 1.807) is 0 Å². The lowest BCUT2D eigenvalue weighted by Crippen LogP contribution is -2.35. The summed E-state index contributed by atoms with van der Waals surface area (Å²) in [4.78, 5) is 0. The van der Waals surface area contributed by atoms with Crippen molar-refractivity contribution in [2.75, 3.05) is 19.8 Å². The van der Waals surface area contributed by atoms with Gasteiger partial charge in [-0.25, -0.2) is 0 Å². The van der Waals surface area contributed by atoms with Gasteiger partial charge in [0.2, 0.25) is 0 Å². The Balaban J connectivity index is 2.10. The number of hydrogen-bond acceptors (Lipinski definition) is 3. The first-order valence-corrected chi connectivity index (χ1v) is 5.19. The predicted octanol–water partition coefficient (Wildman–Crippen LogP) is 1.17. The summed E-state index contributed by atoms with van der Waals surface area (Å²) in [5, 5.41) is 0. The minimum atomic E-state index is 0.169. The molecule has 1 aliphatic heterocycles. The Morgan fingerprint density at radius 2 is 2.38 bits per heavy atom. The molecule has 0 spiro atoms. The van der Waals surface area contributed by atoms with Gasteiger partial charge in [0, 0.05) is 18.6 Å². The number of ether oxygens (including phenoxy) is 2. The Kier molecular flexibility index (Phi) is 4.70. The average Bonchev–Trinajstić information content (AvgIpc) is 2.65. The molecule has 2 N–H and O–H groups in total. The molecule has 3 unspecified atom stereocenters. The zero-order chi connectivity index (χ0) is 9.68. The first kappa shape index (κ1) is 11.0. The molecule has 0 radical (unpaired) electrons. The van der Waals surface area contributed by atoms with E-state index in [1.807, 2.05) is 6.92 Å². The maximum atomic E-state index is 5.84. The van der Waals surface area contributed by atoms with Crippen LogP contribution in [0.3, 0.4) is 0 Å². The Morgan fingerprint density at radius 1 is 1.62 bits per heavy atom. The van der Waals surface area contributed by atoms with Gasteiger partial charge >= 0.3 is 0 Å². The Hall–Kier alpha value is -0.120. The molecule has 1 saturated heterocycles. The molecule has 78 valence electrons. The van der Waals surface area contributed by atoms with Crippen molar-refractivity contribution in [1.29, 1.82) is 0 Å². The molecule has 3 nitrogen and oxygen atoms in total. The molecule has 3 atom stereocenters. The highest BCUT2D eigenvalue weighted by molar-refractivity contribution is 4.69. The zero-order valence-corrected chi connectivity index (χ0v) is 8.66. The quantitative estimate of drug-likeness (QED) is 0.702. The number of hydrogen-bond donors (Lipinski definition) is 1. The maximum Gasteiger partial charge on any atom is 0.0697 e. The lowest BCUT2D eigenvalue weighted by atomic mass is 10.1. The fraction of sp³-hybridized carbons (Fsp3) is 1.00. The average molecular weight is 187 g/mol. The SMILES string of the molecule is CCC(N)C(C)OCC1CCOC1. The van der Waals surface area contributed by atoms with Gasteiger partial charge in [0.1, 0.15) is 0 Å². The maximum absolute atomic E-state index is 5.84. The predicted molar refractivity (Wildman–Crippen MR) is 52.6 cm³/mol. The molecule has 1 fully saturated rings. The van der Waals surface area contributed by atoms with Gasteiger partial charge in [-0.05, 0) is 19.8 Å². The van der Waals surface area contributed by atoms with Crippen LogP contribution in [-0.2, 0) is 9.47 Å². The fourth-order valence-corrected chi connectivity index (χ4v) is 1.46. The van der Waals surface area contributed by atoms with Crippen LogP contribution in [0.2, 0.25) is 0 Å². The van der Waals surface area contributed by atoms with E-state index in [0.717, 1.165) is 32.7 Å². The zero-order valence-electron chi connectivity index (χ0n) is 8.66. The van der Waals surface area contributed by atoms with E-state index in [2.05, 4.69) is 6.92 Å². The van der Waals surface area contributed by atoms with Gasteiger partial charge in [-0.15, -0.1) is 0 Å². The summed E-state index contributed by atoms with van der Waals surface area (Å²) < 4.78 is 10.9. The van der Waals surface area contributed by atoms with Gasteiger partial charge in [0.15, 0.2) is 0 Å². The van der Waals surface area contributed by atoms with E-state index in [0.29, 0.717) is 5.92 Å². The summed E-state index contributed by atoms with van der Waals surface area (Å²) in [5.41, 5.74) is 5.84. The van der Waals surface area contributed by atoms with Crippen LogP contribution in [0.4, 0.5) is 0 Å². The Bertz CT molecular complexity index is 135. The van der Waals surface area contributed by atoms with Crippen LogP contribution < -0.4 is 5.73 Å². The van der Waals surface area contributed by atoms with Crippen molar-refractivity contribution in [3.05, 3.63) is 0 Å². The second kappa shape index (κ2) is 5.58. The van der Waals surface area contributed by atoms with E-state index in [9.17, 15) is 0 Å². The highest BCUT2D eigenvalue weighted by Crippen LogP contribution is 2.13. The molecule has 13 heavy (non-hydrogen) atoms. The van der Waals surface area contributed by atoms with Gasteiger partial charge in [-0.3, -0.25) is 0 Å². The minimum Gasteiger partial charge on any atom is -0.381 e. The molecular formula is C10H21NO2. The second-order valence-electron chi connectivity index (χ2n) is 3.84. The summed E-state index contributed by atoms with van der Waals surface area (Å²) in [6, 6.07) is 0.169. The van der Waals surface area contributed by atoms with Crippen LogP contribution in [0.5, 0.6) is 0 Å². The van der Waals surface area contributed by atoms with E-state index in [4.69, 9.17) is 15.2 Å². The lowest BCUT2D eigenvalue weighted by molar-refractivity contribution is 0.0219. The largest absolute Gasteiger partial charge is 0.381 e. The number of nitrogens with two attached hydrogens (primary N) is 1. The second-order valence-corrected chi connectivity index (χ2v) is 3.84. The summed E-state index contributed by atoms with van der Waals surface area (Å²) in [5.74, 6) is 0.589. The minimum absolute atomic E-state index is 0.169. The van der Waals surface area contributed by atoms with Crippen LogP contribution in [0.1, 0.15) is 26.7 Å². The van der Waals surface area contributed by atoms with Gasteiger partial charge in [-0.2, -0.15) is 0 Å². The fourth-order valence-electron chi connectivity index (χ4n) is 1.46. The summed E-state index contributed by atoms with van der Waals surface area (Å²) in [6.45, 7) is 6.68. The molecule has 3 heteroatoms. The van der Waals surface area contributed by atoms with Crippen molar-refractivity contribution in [2.45, 2.75) is 38.8 Å². The van der Waals surface area contributed by atoms with Crippen molar-refractivity contribution in [3.63, 3.8) is 0 Å². The summed E-state index contributed by atoms with van der Waals surface area (Å²) in [7, 11) is 0. The smallest absolute Gasteiger partial charge is 0.0697 e. The van der Waals surface area contributed by atoms with Crippen LogP contribution in [0.25, 0.3) is 0 Å². The topological polar surface area (TPSA) is 44.5 Å². The van der Waals surface area contributed by atoms with Crippen LogP contribution in [0, 0.1) is 5.92 Å². The highest BCUT2D eigenvalue weighted by Gasteiger charge is 2.18. The molecule has 0 saturated carbocycles. The van der Waals surface area contributed by atoms with Gasteiger partial charge < -0.3 is 15.2 Å². The van der Waals surface area contributed by atoms with E-state index >= 15 is 0 Å². The van der Waals surface area contributed by atoms with Crippen LogP contribution in [0.15, 0.2) is 0 Å². The molecule has 0 aromatic carbocycles. The molecule has 0 amide bonds. The first-order chi connectivity index (χ1) is 6.24. The third kappa shape index (κ3) is 3.63. The molecule has 1 heterocycles. The molecule has 1 rings (SSSR count). The van der Waals surface area contributed by atoms with E-state index in [1.165, 1.54) is 0 Å². The van der Waals surface area contributed by atoms with Crippen molar-refractivity contribution >= 4 is 0 Å². The monoisotopic (exact) mass is 187 g/mol. The molecule has 0 aromatic rings. The first-order valence-electron chi connectivity index (χ1n) is 5.19. The Labute approximate surface area is 80.6 Å². The third-order valence-corrected chi connectivity index (χ3v) is 2.69. The van der Waals surface area contributed by atoms with Crippen LogP contribution >= 0.6 is 0 Å². The Morgan fingerprint density at radius 3 is 2.92 bits per heavy atom. The van der Waals surface area contributed by atoms with E-state index in [-0.39, 0.29) is 12.1 Å². The highest BCUT2D eigenvalue weighted by atomic mass is 16.5. The normalized spacial score (nSPS) is 27.5. The van der Waals surface area contributed by atoms with Crippen molar-refractivity contribution in [1.82, 2.24) is 0 Å². The van der Waals surface area contributed by atoms with Crippen molar-refractivity contribution in [3.8, 4) is 0 Å². The molecule has 0 aliphatic carbocycles. The summed E-state index contributed by atoms with van der Waals surface area (Å²) in [6.07, 6.45) is 2.28. The molecule has 0 bridgehead atoms. The lowest BCUT2D eigenvalue weighted by Gasteiger charge is -2.20. The molecular weight excluding hydrogens is 166 g/mol. The number of rotatable bonds is 5. The van der Waals surface area contributed by atoms with E-state index < -0.39 is 0 Å². The molecule has 0 aromatic heterocycles. The van der Waals surface area contributed by atoms with Gasteiger partial charge in [0.25, 0.3) is 0 Å². The molecule has 1 aliphatic rings. The third-order valence-electron chi connectivity index (χ3n) is 2.69. The van der Waals surface area contributed by atoms with Crippen molar-refractivity contribution in [2.24, 2.45) is 11.7 Å².